The summed E-state index contributed by atoms with van der Waals surface area (Å²) in [7, 11) is 0. The van der Waals surface area contributed by atoms with Crippen molar-refractivity contribution in [3.05, 3.63) is 64.9 Å². The van der Waals surface area contributed by atoms with Gasteiger partial charge in [-0.2, -0.15) is 11.8 Å². The van der Waals surface area contributed by atoms with Gasteiger partial charge in [-0.05, 0) is 36.1 Å². The second-order valence-corrected chi connectivity index (χ2v) is 6.74. The Balaban J connectivity index is 1.72. The van der Waals surface area contributed by atoms with Gasteiger partial charge in [-0.3, -0.25) is 4.79 Å². The van der Waals surface area contributed by atoms with Crippen molar-refractivity contribution in [2.75, 3.05) is 6.26 Å². The minimum atomic E-state index is -0.0320. The van der Waals surface area contributed by atoms with Gasteiger partial charge in [-0.1, -0.05) is 35.9 Å². The van der Waals surface area contributed by atoms with Gasteiger partial charge in [0, 0.05) is 11.6 Å². The molecule has 3 aromatic rings. The molecule has 0 fully saturated rings. The molecule has 0 saturated carbocycles. The molecule has 1 amide bonds. The molecule has 0 saturated heterocycles. The molecule has 124 valence electrons. The fourth-order valence-corrected chi connectivity index (χ4v) is 3.15. The smallest absolute Gasteiger partial charge is 0.240 e. The van der Waals surface area contributed by atoms with Crippen LogP contribution in [0, 0.1) is 0 Å². The van der Waals surface area contributed by atoms with Crippen molar-refractivity contribution in [2.45, 2.75) is 18.8 Å². The van der Waals surface area contributed by atoms with Gasteiger partial charge in [0.1, 0.15) is 12.4 Å². The summed E-state index contributed by atoms with van der Waals surface area (Å²) < 4.78 is 1.99. The number of halogens is 1. The lowest BCUT2D eigenvalue weighted by molar-refractivity contribution is -0.121. The van der Waals surface area contributed by atoms with Gasteiger partial charge < -0.3 is 9.88 Å². The minimum Gasteiger partial charge on any atom is -0.350 e. The summed E-state index contributed by atoms with van der Waals surface area (Å²) in [5.74, 6) is 1.67. The molecule has 0 atom stereocenters. The average Bonchev–Trinajstić information content (AvgIpc) is 2.92. The van der Waals surface area contributed by atoms with E-state index >= 15 is 0 Å². The van der Waals surface area contributed by atoms with Crippen molar-refractivity contribution in [3.8, 4) is 0 Å². The van der Waals surface area contributed by atoms with E-state index in [9.17, 15) is 4.79 Å². The number of carbonyl (C=O) groups is 1. The maximum Gasteiger partial charge on any atom is 0.240 e. The molecule has 0 aliphatic rings. The lowest BCUT2D eigenvalue weighted by atomic mass is 10.2. The third-order valence-electron chi connectivity index (χ3n) is 3.71. The first-order chi connectivity index (χ1) is 11.7. The fourth-order valence-electron chi connectivity index (χ4n) is 2.54. The number of amides is 1. The maximum absolute atomic E-state index is 12.4. The number of nitrogens with zero attached hydrogens (tertiary/aromatic N) is 2. The van der Waals surface area contributed by atoms with Crippen LogP contribution in [0.4, 0.5) is 0 Å². The number of nitrogens with one attached hydrogen (secondary N) is 1. The largest absolute Gasteiger partial charge is 0.350 e. The number of para-hydroxylation sites is 2. The summed E-state index contributed by atoms with van der Waals surface area (Å²) in [6.07, 6.45) is 2.03. The lowest BCUT2D eigenvalue weighted by Crippen LogP contribution is -2.27. The Morgan fingerprint density at radius 2 is 1.96 bits per heavy atom. The molecule has 0 aliphatic heterocycles. The number of thioether (sulfide) groups is 1. The number of rotatable bonds is 6. The molecular formula is C18H18ClN3OS. The van der Waals surface area contributed by atoms with E-state index in [0.29, 0.717) is 11.6 Å². The number of fused-ring (bicyclic) bond motifs is 1. The van der Waals surface area contributed by atoms with Gasteiger partial charge in [-0.25, -0.2) is 4.98 Å². The third kappa shape index (κ3) is 3.91. The molecule has 0 radical (unpaired) electrons. The normalized spacial score (nSPS) is 10.9. The van der Waals surface area contributed by atoms with Crippen molar-refractivity contribution in [3.63, 3.8) is 0 Å². The van der Waals surface area contributed by atoms with Gasteiger partial charge >= 0.3 is 0 Å². The van der Waals surface area contributed by atoms with E-state index in [1.54, 1.807) is 11.8 Å². The average molecular weight is 360 g/mol. The molecule has 3 rings (SSSR count). The number of aromatic nitrogens is 2. The predicted molar refractivity (Wildman–Crippen MR) is 100 cm³/mol. The zero-order valence-electron chi connectivity index (χ0n) is 13.3. The van der Waals surface area contributed by atoms with E-state index in [1.807, 2.05) is 59.4 Å². The molecule has 1 N–H and O–H groups in total. The van der Waals surface area contributed by atoms with Crippen LogP contribution in [0.1, 0.15) is 11.4 Å². The van der Waals surface area contributed by atoms with Gasteiger partial charge in [0.15, 0.2) is 0 Å². The molecular weight excluding hydrogens is 342 g/mol. The van der Waals surface area contributed by atoms with Crippen LogP contribution in [-0.2, 0) is 23.6 Å². The summed E-state index contributed by atoms with van der Waals surface area (Å²) in [4.78, 5) is 17.0. The number of imidazole rings is 1. The Hall–Kier alpha value is -1.98. The van der Waals surface area contributed by atoms with E-state index < -0.39 is 0 Å². The third-order valence-corrected chi connectivity index (χ3v) is 4.51. The van der Waals surface area contributed by atoms with E-state index in [2.05, 4.69) is 10.3 Å². The maximum atomic E-state index is 12.4. The monoisotopic (exact) mass is 359 g/mol. The second kappa shape index (κ2) is 7.73. The minimum absolute atomic E-state index is 0.0320. The molecule has 6 heteroatoms. The van der Waals surface area contributed by atoms with Crippen molar-refractivity contribution < 1.29 is 4.79 Å². The molecule has 4 nitrogen and oxygen atoms in total. The van der Waals surface area contributed by atoms with Crippen LogP contribution in [-0.4, -0.2) is 21.7 Å². The Bertz CT molecular complexity index is 845. The quantitative estimate of drug-likeness (QED) is 0.726. The highest BCUT2D eigenvalue weighted by Gasteiger charge is 2.13. The number of carbonyl (C=O) groups excluding carboxylic acids is 1. The van der Waals surface area contributed by atoms with Crippen molar-refractivity contribution in [1.29, 1.82) is 0 Å². The van der Waals surface area contributed by atoms with Crippen LogP contribution >= 0.6 is 23.4 Å². The van der Waals surface area contributed by atoms with Crippen LogP contribution < -0.4 is 5.32 Å². The molecule has 1 aromatic heterocycles. The standard InChI is InChI=1S/C18H18ClN3OS/c1-24-12-17-21-15-4-2-3-5-16(15)22(17)11-18(23)20-10-13-6-8-14(19)9-7-13/h2-9H,10-12H2,1H3,(H,20,23). The SMILES string of the molecule is CSCc1nc2ccccc2n1CC(=O)NCc1ccc(Cl)cc1. The van der Waals surface area contributed by atoms with Gasteiger partial charge in [0.2, 0.25) is 5.91 Å². The summed E-state index contributed by atoms with van der Waals surface area (Å²) >= 11 is 7.57. The summed E-state index contributed by atoms with van der Waals surface area (Å²) in [5.41, 5.74) is 2.93. The molecule has 0 unspecified atom stereocenters. The van der Waals surface area contributed by atoms with E-state index in [0.717, 1.165) is 28.2 Å². The molecule has 1 heterocycles. The first-order valence-electron chi connectivity index (χ1n) is 7.61. The van der Waals surface area contributed by atoms with Crippen LogP contribution in [0.5, 0.6) is 0 Å². The first kappa shape index (κ1) is 16.9. The van der Waals surface area contributed by atoms with Gasteiger partial charge in [0.05, 0.1) is 16.8 Å². The Labute approximate surface area is 150 Å². The van der Waals surface area contributed by atoms with Crippen molar-refractivity contribution >= 4 is 40.3 Å². The highest BCUT2D eigenvalue weighted by Crippen LogP contribution is 2.18. The summed E-state index contributed by atoms with van der Waals surface area (Å²) in [5, 5.41) is 3.64. The Morgan fingerprint density at radius 3 is 2.71 bits per heavy atom. The number of benzene rings is 2. The molecule has 0 bridgehead atoms. The van der Waals surface area contributed by atoms with Crippen molar-refractivity contribution in [2.24, 2.45) is 0 Å². The van der Waals surface area contributed by atoms with Crippen molar-refractivity contribution in [1.82, 2.24) is 14.9 Å². The van der Waals surface area contributed by atoms with Crippen LogP contribution in [0.2, 0.25) is 5.02 Å². The summed E-state index contributed by atoms with van der Waals surface area (Å²) in [6.45, 7) is 0.754. The van der Waals surface area contributed by atoms with E-state index in [-0.39, 0.29) is 12.5 Å². The fraction of sp³-hybridized carbons (Fsp3) is 0.222. The second-order valence-electron chi connectivity index (χ2n) is 5.44. The molecule has 0 spiro atoms. The predicted octanol–water partition coefficient (Wildman–Crippen LogP) is 3.87. The van der Waals surface area contributed by atoms with E-state index in [4.69, 9.17) is 11.6 Å². The lowest BCUT2D eigenvalue weighted by Gasteiger charge is -2.10. The van der Waals surface area contributed by atoms with Crippen LogP contribution in [0.15, 0.2) is 48.5 Å². The Morgan fingerprint density at radius 1 is 1.21 bits per heavy atom. The van der Waals surface area contributed by atoms with Crippen LogP contribution in [0.25, 0.3) is 11.0 Å². The molecule has 0 aliphatic carbocycles. The highest BCUT2D eigenvalue weighted by atomic mass is 35.5. The number of hydrogen-bond donors (Lipinski definition) is 1. The molecule has 2 aromatic carbocycles. The zero-order chi connectivity index (χ0) is 16.9. The van der Waals surface area contributed by atoms with Gasteiger partial charge in [-0.15, -0.1) is 0 Å². The molecule has 24 heavy (non-hydrogen) atoms. The van der Waals surface area contributed by atoms with Gasteiger partial charge in [0.25, 0.3) is 0 Å². The summed E-state index contributed by atoms with van der Waals surface area (Å²) in [6, 6.07) is 15.4. The highest BCUT2D eigenvalue weighted by molar-refractivity contribution is 7.97. The first-order valence-corrected chi connectivity index (χ1v) is 9.39. The van der Waals surface area contributed by atoms with E-state index in [1.165, 1.54) is 0 Å². The van der Waals surface area contributed by atoms with Crippen LogP contribution in [0.3, 0.4) is 0 Å². The topological polar surface area (TPSA) is 46.9 Å². The zero-order valence-corrected chi connectivity index (χ0v) is 14.9. The number of hydrogen-bond acceptors (Lipinski definition) is 3. The Kier molecular flexibility index (Phi) is 5.43.